The Morgan fingerprint density at radius 3 is 1.14 bits per heavy atom. The molecule has 77 heavy (non-hydrogen) atoms. The zero-order chi connectivity index (χ0) is 52.6. The predicted octanol–water partition coefficient (Wildman–Crippen LogP) is 21.1. The Hall–Kier alpha value is -2.43. The van der Waals surface area contributed by atoms with E-state index in [1.165, 1.54) is 198 Å². The van der Waals surface area contributed by atoms with E-state index in [0.717, 1.165) is 47.3 Å². The number of hydrogen-bond acceptors (Lipinski definition) is 0. The van der Waals surface area contributed by atoms with Crippen LogP contribution in [0.2, 0.25) is 12.6 Å². The first-order chi connectivity index (χ1) is 37.3. The molecule has 0 aliphatic heterocycles. The van der Waals surface area contributed by atoms with Crippen molar-refractivity contribution in [3.8, 4) is 22.3 Å². The van der Waals surface area contributed by atoms with Gasteiger partial charge in [-0.15, -0.1) is 69.1 Å². The molecule has 0 heterocycles. The van der Waals surface area contributed by atoms with Crippen LogP contribution in [0, 0.1) is 58.2 Å². The van der Waals surface area contributed by atoms with Crippen LogP contribution in [-0.4, -0.2) is 15.7 Å². The van der Waals surface area contributed by atoms with Gasteiger partial charge in [-0.1, -0.05) is 84.4 Å². The van der Waals surface area contributed by atoms with Crippen molar-refractivity contribution >= 4 is 48.1 Å². The molecule has 12 saturated carbocycles. The molecule has 6 aromatic carbocycles. The zero-order valence-electron chi connectivity index (χ0n) is 45.8. The first-order valence-electron chi connectivity index (χ1n) is 30.5. The molecule has 12 bridgehead atoms. The Morgan fingerprint density at radius 1 is 0.506 bits per heavy atom. The fourth-order valence-corrected chi connectivity index (χ4v) is 21.0. The van der Waals surface area contributed by atoms with E-state index >= 15 is 0 Å². The molecule has 6 aromatic rings. The first-order valence-corrected chi connectivity index (χ1v) is 38.6. The fourth-order valence-electron chi connectivity index (χ4n) is 20.5. The van der Waals surface area contributed by atoms with Gasteiger partial charge >= 0.3 is 44.1 Å². The minimum Gasteiger partial charge on any atom is -0.164 e. The molecule has 404 valence electrons. The molecule has 18 rings (SSSR count). The molecule has 12 aliphatic rings. The molecule has 0 N–H and O–H groups in total. The van der Waals surface area contributed by atoms with Gasteiger partial charge in [-0.05, 0) is 245 Å². The molecule has 2 radical (unpaired) electrons. The van der Waals surface area contributed by atoms with Gasteiger partial charge in [0.1, 0.15) is 0 Å². The molecule has 12 aliphatic carbocycles. The summed E-state index contributed by atoms with van der Waals surface area (Å²) in [5.74, 6) is 8.17. The average Bonchev–Trinajstić information content (AvgIpc) is 4.31. The summed E-state index contributed by atoms with van der Waals surface area (Å²) in [5, 5.41) is 5.83. The second-order valence-electron chi connectivity index (χ2n) is 28.1. The third-order valence-corrected chi connectivity index (χ3v) is 23.7. The number of benzene rings is 4. The Bertz CT molecular complexity index is 2730. The second-order valence-corrected chi connectivity index (χ2v) is 33.0. The monoisotopic (exact) mass is 1170 g/mol. The second kappa shape index (κ2) is 21.7. The number of alkyl halides is 3. The molecule has 0 unspecified atom stereocenters. The minimum absolute atomic E-state index is 0.281. The van der Waals surface area contributed by atoms with Crippen molar-refractivity contribution in [3.63, 3.8) is 0 Å². The molecule has 0 nitrogen and oxygen atoms in total. The third-order valence-electron chi connectivity index (χ3n) is 22.9. The van der Waals surface area contributed by atoms with Gasteiger partial charge in [-0.2, -0.15) is 25.3 Å². The Morgan fingerprint density at radius 2 is 0.857 bits per heavy atom. The quantitative estimate of drug-likeness (QED) is 0.0947. The smallest absolute Gasteiger partial charge is 0.00391 e. The van der Waals surface area contributed by atoms with Gasteiger partial charge in [-0.25, -0.2) is 0 Å². The predicted molar refractivity (Wildman–Crippen MR) is 314 cm³/mol. The van der Waals surface area contributed by atoms with Crippen LogP contribution >= 0.6 is 17.0 Å². The number of hydrogen-bond donors (Lipinski definition) is 0. The van der Waals surface area contributed by atoms with E-state index in [4.69, 9.17) is 17.0 Å². The summed E-state index contributed by atoms with van der Waals surface area (Å²) in [7, 11) is 10.3. The molecular weight excluding hydrogens is 1090 g/mol. The van der Waals surface area contributed by atoms with E-state index < -0.39 is 33.4 Å². The topological polar surface area (TPSA) is 0 Å². The minimum atomic E-state index is -3.94. The van der Waals surface area contributed by atoms with Crippen LogP contribution in [0.4, 0.5) is 13.2 Å². The molecule has 0 atom stereocenters. The van der Waals surface area contributed by atoms with E-state index in [-0.39, 0.29) is 6.04 Å². The van der Waals surface area contributed by atoms with Crippen molar-refractivity contribution < 1.29 is 34.0 Å². The summed E-state index contributed by atoms with van der Waals surface area (Å²) in [6, 6.07) is 44.1. The molecule has 12 fully saturated rings. The van der Waals surface area contributed by atoms with Gasteiger partial charge in [0.25, 0.3) is 0 Å². The first kappa shape index (κ1) is 53.9. The van der Waals surface area contributed by atoms with Gasteiger partial charge in [0.2, 0.25) is 0 Å². The van der Waals surface area contributed by atoms with Gasteiger partial charge in [0.05, 0.1) is 0 Å². The number of halogens is 5. The number of fused-ring (bicyclic) bond motifs is 6. The van der Waals surface area contributed by atoms with E-state index in [9.17, 15) is 13.2 Å². The third kappa shape index (κ3) is 11.1. The largest absolute Gasteiger partial charge is 0.164 e. The van der Waals surface area contributed by atoms with Gasteiger partial charge in [0.15, 0.2) is 0 Å². The molecule has 0 aromatic heterocycles. The van der Waals surface area contributed by atoms with Crippen LogP contribution in [0.25, 0.3) is 43.8 Å². The van der Waals surface area contributed by atoms with Crippen LogP contribution < -0.4 is 0 Å². The van der Waals surface area contributed by atoms with E-state index in [1.807, 2.05) is 0 Å². The summed E-state index contributed by atoms with van der Waals surface area (Å²) in [4.78, 5) is 0. The normalized spacial score (nSPS) is 34.4. The van der Waals surface area contributed by atoms with E-state index in [2.05, 4.69) is 109 Å². The van der Waals surface area contributed by atoms with Gasteiger partial charge < -0.3 is 0 Å². The maximum absolute atomic E-state index is 11.2. The van der Waals surface area contributed by atoms with Crippen molar-refractivity contribution in [3.05, 3.63) is 131 Å². The summed E-state index contributed by atoms with van der Waals surface area (Å²) in [6.45, 7) is 1.77. The summed E-state index contributed by atoms with van der Waals surface area (Å²) < 4.78 is 33.7. The van der Waals surface area contributed by atoms with Gasteiger partial charge in [-0.3, -0.25) is 0 Å². The molecular formula is C70H81Cl2F3SiZr. The molecule has 0 spiro atoms. The van der Waals surface area contributed by atoms with Crippen molar-refractivity contribution in [2.45, 2.75) is 190 Å². The van der Waals surface area contributed by atoms with Crippen LogP contribution in [0.5, 0.6) is 0 Å². The summed E-state index contributed by atoms with van der Waals surface area (Å²) >= 11 is -0.826. The number of rotatable bonds is 10. The summed E-state index contributed by atoms with van der Waals surface area (Å²) in [5.41, 5.74) is 14.4. The van der Waals surface area contributed by atoms with Crippen LogP contribution in [0.15, 0.2) is 109 Å². The average molecular weight is 1170 g/mol. The maximum atomic E-state index is 11.2. The SMILES string of the molecule is C[Si]CCC(F)(F)F.[Cl][Zr+2][Cl].c1cc(-c2ccc(C34CC5CC(CC(C5)C3)C4)cc2)c2cc(CC34CCC(CC3)C4)[cH-]c2c1.c1cc(-c2ccc(C34CC5CC(CC(C5)C3)C4)cc2)c2cc(CC34CCC(CC3)C4)[cH-]c2c1. The van der Waals surface area contributed by atoms with Crippen LogP contribution in [0.3, 0.4) is 0 Å². The standard InChI is InChI=1S/2C33H37.C4H7F3Si.2ClH.Zr/c2*1-2-28-15-26(18-32-10-8-22(17-32)9-11-32)16-31(28)30(3-1)27-4-6-29(7-5-27)33-19-23-12-24(20-33)14-25(13-23)21-33;1-8-3-2-4(5,6)7;;;/h2*1-7,15-16,22-25H,8-14,17-21H2;2-3H2,1H3;2*1H;/q2*-1;;;;+4/p-2. The Kier molecular flexibility index (Phi) is 15.2. The molecule has 7 heteroatoms. The van der Waals surface area contributed by atoms with Crippen LogP contribution in [-0.2, 0) is 44.5 Å². The van der Waals surface area contributed by atoms with Crippen molar-refractivity contribution in [2.24, 2.45) is 58.2 Å². The van der Waals surface area contributed by atoms with Crippen LogP contribution in [0.1, 0.15) is 170 Å². The Labute approximate surface area is 480 Å². The molecule has 0 amide bonds. The maximum Gasteiger partial charge on any atom is -0.00391 e. The van der Waals surface area contributed by atoms with Crippen molar-refractivity contribution in [1.29, 1.82) is 0 Å². The van der Waals surface area contributed by atoms with Crippen molar-refractivity contribution in [2.75, 3.05) is 0 Å². The zero-order valence-corrected chi connectivity index (χ0v) is 50.8. The summed E-state index contributed by atoms with van der Waals surface area (Å²) in [6.07, 6.45) is 30.8. The Balaban J connectivity index is 0.000000124. The molecule has 0 saturated heterocycles. The fraction of sp³-hybridized carbons (Fsp3) is 0.571. The van der Waals surface area contributed by atoms with Gasteiger partial charge in [0, 0.05) is 15.9 Å². The van der Waals surface area contributed by atoms with E-state index in [1.54, 1.807) is 28.8 Å². The van der Waals surface area contributed by atoms with Crippen molar-refractivity contribution in [1.82, 2.24) is 0 Å². The van der Waals surface area contributed by atoms with E-state index in [0.29, 0.717) is 31.2 Å².